The third kappa shape index (κ3) is 12.3. The quantitative estimate of drug-likeness (QED) is 0.0601. The average Bonchev–Trinajstić information content (AvgIpc) is 3.82. The highest BCUT2D eigenvalue weighted by Gasteiger charge is 2.31. The van der Waals surface area contributed by atoms with Crippen molar-refractivity contribution in [2.75, 3.05) is 31.9 Å². The number of nitrogens with one attached hydrogen (secondary N) is 8. The highest BCUT2D eigenvalue weighted by atomic mass is 19.4. The highest BCUT2D eigenvalue weighted by Crippen LogP contribution is 2.34. The number of rotatable bonds is 10. The summed E-state index contributed by atoms with van der Waals surface area (Å²) in [7, 11) is 0. The molecule has 0 fully saturated rings. The summed E-state index contributed by atoms with van der Waals surface area (Å²) in [6.07, 6.45) is -6.03. The van der Waals surface area contributed by atoms with Crippen molar-refractivity contribution in [1.82, 2.24) is 9.97 Å². The summed E-state index contributed by atoms with van der Waals surface area (Å²) in [5.74, 6) is -1.91. The second kappa shape index (κ2) is 19.4. The summed E-state index contributed by atoms with van der Waals surface area (Å²) in [6.45, 7) is 2.58. The predicted octanol–water partition coefficient (Wildman–Crippen LogP) is 8.80. The summed E-state index contributed by atoms with van der Waals surface area (Å²) < 4.78 is 76.8. The van der Waals surface area contributed by atoms with E-state index in [2.05, 4.69) is 41.9 Å². The zero-order valence-corrected chi connectivity index (χ0v) is 33.3. The number of hydrogen-bond donors (Lipinski definition) is 10. The van der Waals surface area contributed by atoms with Crippen molar-refractivity contribution in [3.05, 3.63) is 132 Å². The van der Waals surface area contributed by atoms with Crippen LogP contribution in [-0.2, 0) is 21.9 Å². The molecule has 6 rings (SSSR count). The Labute approximate surface area is 358 Å². The van der Waals surface area contributed by atoms with Crippen LogP contribution < -0.4 is 43.4 Å². The third-order valence-corrected chi connectivity index (χ3v) is 8.66. The fourth-order valence-electron chi connectivity index (χ4n) is 5.96. The molecule has 332 valence electrons. The van der Waals surface area contributed by atoms with E-state index in [1.165, 1.54) is 74.8 Å². The molecule has 12 N–H and O–H groups in total. The normalized spacial score (nSPS) is 11.0. The van der Waals surface area contributed by atoms with Gasteiger partial charge in [-0.2, -0.15) is 26.3 Å². The van der Waals surface area contributed by atoms with Gasteiger partial charge in [0.25, 0.3) is 11.8 Å². The number of anilines is 6. The highest BCUT2D eigenvalue weighted by molar-refractivity contribution is 6.09. The fourth-order valence-corrected chi connectivity index (χ4v) is 5.96. The molecular formula is C42H36F6N10O6. The van der Waals surface area contributed by atoms with Crippen LogP contribution in [0.15, 0.2) is 109 Å². The number of H-pyrrole nitrogens is 2. The molecule has 0 aliphatic carbocycles. The Kier molecular flexibility index (Phi) is 14.1. The van der Waals surface area contributed by atoms with Crippen molar-refractivity contribution in [3.8, 4) is 22.3 Å². The van der Waals surface area contributed by atoms with Gasteiger partial charge in [0.05, 0.1) is 22.3 Å². The zero-order chi connectivity index (χ0) is 46.9. The molecule has 0 saturated heterocycles. The van der Waals surface area contributed by atoms with Crippen LogP contribution >= 0.6 is 0 Å². The second-order valence-corrected chi connectivity index (χ2v) is 13.5. The Morgan fingerprint density at radius 3 is 1.09 bits per heavy atom. The molecule has 0 bridgehead atoms. The number of aromatic amines is 2. The molecule has 4 aromatic carbocycles. The molecule has 64 heavy (non-hydrogen) atoms. The van der Waals surface area contributed by atoms with Crippen LogP contribution in [0, 0.1) is 0 Å². The van der Waals surface area contributed by atoms with Gasteiger partial charge in [-0.1, -0.05) is 36.4 Å². The van der Waals surface area contributed by atoms with Gasteiger partial charge in [-0.25, -0.2) is 9.59 Å². The van der Waals surface area contributed by atoms with Gasteiger partial charge >= 0.3 is 24.4 Å². The van der Waals surface area contributed by atoms with Gasteiger partial charge in [0.1, 0.15) is 11.6 Å². The van der Waals surface area contributed by atoms with E-state index < -0.39 is 47.4 Å². The van der Waals surface area contributed by atoms with Gasteiger partial charge in [-0.3, -0.25) is 19.2 Å². The minimum atomic E-state index is -4.52. The molecule has 8 amide bonds. The molecule has 0 aliphatic rings. The monoisotopic (exact) mass is 890 g/mol. The van der Waals surface area contributed by atoms with Crippen LogP contribution in [0.2, 0.25) is 0 Å². The van der Waals surface area contributed by atoms with E-state index in [-0.39, 0.29) is 46.0 Å². The molecule has 0 aliphatic heterocycles. The summed E-state index contributed by atoms with van der Waals surface area (Å²) in [5.41, 5.74) is 12.0. The van der Waals surface area contributed by atoms with Crippen molar-refractivity contribution in [3.63, 3.8) is 0 Å². The minimum Gasteiger partial charge on any atom is -0.365 e. The number of urea groups is 2. The lowest BCUT2D eigenvalue weighted by molar-refractivity contribution is -0.138. The van der Waals surface area contributed by atoms with Crippen molar-refractivity contribution in [2.24, 2.45) is 11.5 Å². The van der Waals surface area contributed by atoms with Crippen LogP contribution in [0.25, 0.3) is 22.3 Å². The lowest BCUT2D eigenvalue weighted by Gasteiger charge is -2.11. The molecule has 0 unspecified atom stereocenters. The SMILES string of the molecule is CC(=O)Nc1[nH]cc(-c2ccc(NC(=O)Nc3cccc(C(F)(F)F)c3)cc2)c1C(N)=O.CC(=O)Nc1[nH]cc(-c2ccc(NC(=O)Nc3cccc(C(F)(F)F)c3)cc2)c1C(N)=O. The first-order valence-electron chi connectivity index (χ1n) is 18.4. The maximum Gasteiger partial charge on any atom is 0.416 e. The third-order valence-electron chi connectivity index (χ3n) is 8.66. The lowest BCUT2D eigenvalue weighted by atomic mass is 10.0. The van der Waals surface area contributed by atoms with E-state index >= 15 is 0 Å². The summed E-state index contributed by atoms with van der Waals surface area (Å²) >= 11 is 0. The zero-order valence-electron chi connectivity index (χ0n) is 33.3. The largest absolute Gasteiger partial charge is 0.416 e. The summed E-state index contributed by atoms with van der Waals surface area (Å²) in [5, 5.41) is 14.7. The molecule has 0 atom stereocenters. The number of amides is 8. The average molecular weight is 891 g/mol. The molecule has 6 aromatic rings. The first-order valence-corrected chi connectivity index (χ1v) is 18.4. The van der Waals surface area contributed by atoms with Gasteiger partial charge in [0.15, 0.2) is 0 Å². The fraction of sp³-hybridized carbons (Fsp3) is 0.0952. The van der Waals surface area contributed by atoms with Crippen LogP contribution in [0.4, 0.5) is 70.3 Å². The predicted molar refractivity (Wildman–Crippen MR) is 226 cm³/mol. The molecule has 0 radical (unpaired) electrons. The maximum atomic E-state index is 12.8. The van der Waals surface area contributed by atoms with E-state index in [9.17, 15) is 55.1 Å². The van der Waals surface area contributed by atoms with Gasteiger partial charge < -0.3 is 53.3 Å². The molecule has 0 spiro atoms. The number of hydrogen-bond acceptors (Lipinski definition) is 6. The number of carbonyl (C=O) groups excluding carboxylic acids is 6. The Bertz CT molecular complexity index is 2530. The Hall–Kier alpha value is -8.56. The topological polar surface area (TPSA) is 258 Å². The number of carbonyl (C=O) groups is 6. The van der Waals surface area contributed by atoms with Gasteiger partial charge in [0, 0.05) is 60.1 Å². The van der Waals surface area contributed by atoms with Crippen molar-refractivity contribution >= 4 is 70.1 Å². The van der Waals surface area contributed by atoms with Crippen molar-refractivity contribution < 1.29 is 55.1 Å². The summed E-state index contributed by atoms with van der Waals surface area (Å²) in [6, 6.07) is 19.6. The maximum absolute atomic E-state index is 12.8. The molecule has 2 aromatic heterocycles. The van der Waals surface area contributed by atoms with Crippen LogP contribution in [-0.4, -0.2) is 45.7 Å². The van der Waals surface area contributed by atoms with Gasteiger partial charge in [0.2, 0.25) is 11.8 Å². The smallest absolute Gasteiger partial charge is 0.365 e. The van der Waals surface area contributed by atoms with Gasteiger partial charge in [-0.15, -0.1) is 0 Å². The molecule has 22 heteroatoms. The molecule has 16 nitrogen and oxygen atoms in total. The number of alkyl halides is 6. The lowest BCUT2D eigenvalue weighted by Crippen LogP contribution is -2.19. The first kappa shape index (κ1) is 46.5. The van der Waals surface area contributed by atoms with Crippen molar-refractivity contribution in [1.29, 1.82) is 0 Å². The Morgan fingerprint density at radius 2 is 0.797 bits per heavy atom. The molecule has 0 saturated carbocycles. The number of nitrogens with two attached hydrogens (primary N) is 2. The minimum absolute atomic E-state index is 0.0159. The standard InChI is InChI=1S/2C21H18F3N5O3/c2*1-11(30)27-19-17(18(25)31)16(10-26-19)12-5-7-14(8-6-12)28-20(32)29-15-4-2-3-13(9-15)21(22,23)24/h2*2-10,26H,1H3,(H2,25,31)(H,27,30)(H2,28,29,32). The second-order valence-electron chi connectivity index (χ2n) is 13.5. The van der Waals surface area contributed by atoms with Crippen LogP contribution in [0.5, 0.6) is 0 Å². The van der Waals surface area contributed by atoms with Gasteiger partial charge in [-0.05, 0) is 71.8 Å². The summed E-state index contributed by atoms with van der Waals surface area (Å²) in [4.78, 5) is 76.1. The number of halogens is 6. The Morgan fingerprint density at radius 1 is 0.469 bits per heavy atom. The Balaban J connectivity index is 0.000000241. The van der Waals surface area contributed by atoms with E-state index in [1.807, 2.05) is 0 Å². The first-order chi connectivity index (χ1) is 30.1. The van der Waals surface area contributed by atoms with E-state index in [4.69, 9.17) is 11.5 Å². The van der Waals surface area contributed by atoms with Crippen LogP contribution in [0.3, 0.4) is 0 Å². The van der Waals surface area contributed by atoms with E-state index in [0.29, 0.717) is 33.6 Å². The number of aromatic nitrogens is 2. The molecule has 2 heterocycles. The molecular weight excluding hydrogens is 855 g/mol. The number of benzene rings is 4. The van der Waals surface area contributed by atoms with Crippen LogP contribution in [0.1, 0.15) is 45.7 Å². The van der Waals surface area contributed by atoms with E-state index in [1.54, 1.807) is 24.3 Å². The number of primary amides is 2. The van der Waals surface area contributed by atoms with E-state index in [0.717, 1.165) is 24.3 Å². The van der Waals surface area contributed by atoms with Crippen molar-refractivity contribution in [2.45, 2.75) is 26.2 Å².